The Balaban J connectivity index is 1.73. The summed E-state index contributed by atoms with van der Waals surface area (Å²) in [4.78, 5) is 12.0. The minimum absolute atomic E-state index is 0.0414. The van der Waals surface area contributed by atoms with Gasteiger partial charge in [-0.05, 0) is 25.8 Å². The van der Waals surface area contributed by atoms with Gasteiger partial charge in [-0.1, -0.05) is 19.3 Å². The Morgan fingerprint density at radius 3 is 2.60 bits per heavy atom. The second-order valence-corrected chi connectivity index (χ2v) is 5.57. The van der Waals surface area contributed by atoms with Crippen molar-refractivity contribution in [1.82, 2.24) is 18.9 Å². The largest absolute Gasteiger partial charge is 0.328 e. The Bertz CT molecular complexity index is 616. The Morgan fingerprint density at radius 1 is 1.15 bits per heavy atom. The average Bonchev–Trinajstić information content (AvgIpc) is 3.08. The van der Waals surface area contributed by atoms with E-state index in [2.05, 4.69) is 16.0 Å². The van der Waals surface area contributed by atoms with E-state index in [1.54, 1.807) is 9.13 Å². The first-order valence-electron chi connectivity index (χ1n) is 7.57. The van der Waals surface area contributed by atoms with Crippen LogP contribution in [-0.2, 0) is 13.1 Å². The second kappa shape index (κ2) is 5.69. The number of aryl methyl sites for hydroxylation is 1. The lowest BCUT2D eigenvalue weighted by atomic mass is 9.96. The lowest BCUT2D eigenvalue weighted by Crippen LogP contribution is -2.24. The zero-order valence-electron chi connectivity index (χ0n) is 12.0. The molecule has 1 saturated carbocycles. The van der Waals surface area contributed by atoms with Gasteiger partial charge in [-0.2, -0.15) is 5.10 Å². The van der Waals surface area contributed by atoms with Crippen LogP contribution in [0.4, 0.5) is 0 Å². The van der Waals surface area contributed by atoms with Crippen LogP contribution in [0.1, 0.15) is 50.8 Å². The van der Waals surface area contributed by atoms with Crippen LogP contribution < -0.4 is 5.69 Å². The standard InChI is InChI=1S/C15H22N4O/c1-2-17-10-11-18(15(17)20)12-13-8-9-19(16-13)14-6-4-3-5-7-14/h8-11,14H,2-7,12H2,1H3. The number of hydrogen-bond donors (Lipinski definition) is 0. The third kappa shape index (κ3) is 2.57. The zero-order chi connectivity index (χ0) is 13.9. The molecule has 0 spiro atoms. The summed E-state index contributed by atoms with van der Waals surface area (Å²) in [7, 11) is 0. The number of aromatic nitrogens is 4. The maximum atomic E-state index is 12.0. The molecule has 2 aromatic rings. The van der Waals surface area contributed by atoms with Crippen molar-refractivity contribution in [2.24, 2.45) is 0 Å². The quantitative estimate of drug-likeness (QED) is 0.859. The fourth-order valence-electron chi connectivity index (χ4n) is 3.00. The predicted octanol–water partition coefficient (Wildman–Crippen LogP) is 2.42. The summed E-state index contributed by atoms with van der Waals surface area (Å²) >= 11 is 0. The summed E-state index contributed by atoms with van der Waals surface area (Å²) in [6, 6.07) is 2.58. The van der Waals surface area contributed by atoms with E-state index >= 15 is 0 Å². The number of nitrogens with zero attached hydrogens (tertiary/aromatic N) is 4. The molecule has 1 aliphatic rings. The summed E-state index contributed by atoms with van der Waals surface area (Å²) in [6.07, 6.45) is 12.2. The van der Waals surface area contributed by atoms with Gasteiger partial charge in [0.15, 0.2) is 0 Å². The molecular weight excluding hydrogens is 252 g/mol. The molecule has 20 heavy (non-hydrogen) atoms. The van der Waals surface area contributed by atoms with Crippen molar-refractivity contribution in [2.45, 2.75) is 58.2 Å². The van der Waals surface area contributed by atoms with Crippen molar-refractivity contribution < 1.29 is 0 Å². The highest BCUT2D eigenvalue weighted by molar-refractivity contribution is 5.02. The topological polar surface area (TPSA) is 44.8 Å². The first-order valence-corrected chi connectivity index (χ1v) is 7.57. The minimum atomic E-state index is 0.0414. The predicted molar refractivity (Wildman–Crippen MR) is 77.8 cm³/mol. The SMILES string of the molecule is CCn1ccn(Cc2ccn(C3CCCCC3)n2)c1=O. The van der Waals surface area contributed by atoms with Crippen LogP contribution in [0.5, 0.6) is 0 Å². The molecule has 2 aromatic heterocycles. The summed E-state index contributed by atoms with van der Waals surface area (Å²) < 4.78 is 5.52. The highest BCUT2D eigenvalue weighted by atomic mass is 16.1. The van der Waals surface area contributed by atoms with E-state index in [0.717, 1.165) is 5.69 Å². The van der Waals surface area contributed by atoms with E-state index in [9.17, 15) is 4.79 Å². The summed E-state index contributed by atoms with van der Waals surface area (Å²) in [5, 5.41) is 4.65. The van der Waals surface area contributed by atoms with Crippen LogP contribution in [0.25, 0.3) is 0 Å². The highest BCUT2D eigenvalue weighted by Gasteiger charge is 2.16. The highest BCUT2D eigenvalue weighted by Crippen LogP contribution is 2.27. The van der Waals surface area contributed by atoms with Gasteiger partial charge in [-0.25, -0.2) is 4.79 Å². The van der Waals surface area contributed by atoms with Crippen molar-refractivity contribution in [1.29, 1.82) is 0 Å². The van der Waals surface area contributed by atoms with Gasteiger partial charge in [0.2, 0.25) is 0 Å². The number of hydrogen-bond acceptors (Lipinski definition) is 2. The molecule has 108 valence electrons. The normalized spacial score (nSPS) is 16.6. The van der Waals surface area contributed by atoms with E-state index in [4.69, 9.17) is 0 Å². The molecule has 3 rings (SSSR count). The van der Waals surface area contributed by atoms with Crippen molar-refractivity contribution >= 4 is 0 Å². The summed E-state index contributed by atoms with van der Waals surface area (Å²) in [5.74, 6) is 0. The third-order valence-electron chi connectivity index (χ3n) is 4.20. The van der Waals surface area contributed by atoms with Crippen molar-refractivity contribution in [3.63, 3.8) is 0 Å². The fraction of sp³-hybridized carbons (Fsp3) is 0.600. The van der Waals surface area contributed by atoms with Gasteiger partial charge in [0.05, 0.1) is 18.3 Å². The number of imidazole rings is 1. The lowest BCUT2D eigenvalue weighted by Gasteiger charge is -2.21. The molecule has 0 bridgehead atoms. The molecule has 0 unspecified atom stereocenters. The molecule has 2 heterocycles. The van der Waals surface area contributed by atoms with Gasteiger partial charge in [-0.15, -0.1) is 0 Å². The van der Waals surface area contributed by atoms with Crippen LogP contribution >= 0.6 is 0 Å². The van der Waals surface area contributed by atoms with E-state index in [-0.39, 0.29) is 5.69 Å². The maximum absolute atomic E-state index is 12.0. The van der Waals surface area contributed by atoms with Gasteiger partial charge < -0.3 is 0 Å². The molecule has 0 radical (unpaired) electrons. The molecule has 1 aliphatic carbocycles. The first-order chi connectivity index (χ1) is 9.78. The molecule has 0 atom stereocenters. The molecule has 0 aromatic carbocycles. The first kappa shape index (κ1) is 13.2. The van der Waals surface area contributed by atoms with Crippen molar-refractivity contribution in [3.8, 4) is 0 Å². The Morgan fingerprint density at radius 2 is 1.90 bits per heavy atom. The Kier molecular flexibility index (Phi) is 3.76. The van der Waals surface area contributed by atoms with E-state index in [1.165, 1.54) is 32.1 Å². The van der Waals surface area contributed by atoms with E-state index in [1.807, 2.05) is 25.4 Å². The Labute approximate surface area is 118 Å². The summed E-state index contributed by atoms with van der Waals surface area (Å²) in [5.41, 5.74) is 1.01. The minimum Gasteiger partial charge on any atom is -0.300 e. The smallest absolute Gasteiger partial charge is 0.300 e. The molecule has 0 N–H and O–H groups in total. The molecular formula is C15H22N4O. The van der Waals surface area contributed by atoms with Gasteiger partial charge >= 0.3 is 5.69 Å². The maximum Gasteiger partial charge on any atom is 0.328 e. The zero-order valence-corrected chi connectivity index (χ0v) is 12.0. The van der Waals surface area contributed by atoms with E-state index in [0.29, 0.717) is 19.1 Å². The van der Waals surface area contributed by atoms with Crippen molar-refractivity contribution in [3.05, 3.63) is 40.8 Å². The number of rotatable bonds is 4. The van der Waals surface area contributed by atoms with Crippen molar-refractivity contribution in [2.75, 3.05) is 0 Å². The van der Waals surface area contributed by atoms with E-state index < -0.39 is 0 Å². The molecule has 0 amide bonds. The van der Waals surface area contributed by atoms with Gasteiger partial charge in [0, 0.05) is 25.1 Å². The van der Waals surface area contributed by atoms with Crippen LogP contribution in [-0.4, -0.2) is 18.9 Å². The molecule has 5 heteroatoms. The van der Waals surface area contributed by atoms with Gasteiger partial charge in [-0.3, -0.25) is 13.8 Å². The lowest BCUT2D eigenvalue weighted by molar-refractivity contribution is 0.328. The molecule has 5 nitrogen and oxygen atoms in total. The van der Waals surface area contributed by atoms with Crippen LogP contribution in [0.3, 0.4) is 0 Å². The summed E-state index contributed by atoms with van der Waals surface area (Å²) in [6.45, 7) is 3.25. The third-order valence-corrected chi connectivity index (χ3v) is 4.20. The van der Waals surface area contributed by atoms with Crippen LogP contribution in [0.2, 0.25) is 0 Å². The van der Waals surface area contributed by atoms with Crippen LogP contribution in [0.15, 0.2) is 29.5 Å². The fourth-order valence-corrected chi connectivity index (χ4v) is 3.00. The van der Waals surface area contributed by atoms with Gasteiger partial charge in [0.1, 0.15) is 0 Å². The monoisotopic (exact) mass is 274 g/mol. The van der Waals surface area contributed by atoms with Crippen LogP contribution in [0, 0.1) is 0 Å². The Hall–Kier alpha value is -1.78. The second-order valence-electron chi connectivity index (χ2n) is 5.57. The molecule has 1 fully saturated rings. The molecule has 0 saturated heterocycles. The molecule has 0 aliphatic heterocycles. The average molecular weight is 274 g/mol. The van der Waals surface area contributed by atoms with Gasteiger partial charge in [0.25, 0.3) is 0 Å².